The second-order valence-corrected chi connectivity index (χ2v) is 5.53. The number of benzene rings is 1. The van der Waals surface area contributed by atoms with E-state index in [4.69, 9.17) is 5.73 Å². The molecule has 100 valence electrons. The molecule has 0 bridgehead atoms. The van der Waals surface area contributed by atoms with Crippen LogP contribution in [-0.2, 0) is 6.54 Å². The molecule has 3 heteroatoms. The summed E-state index contributed by atoms with van der Waals surface area (Å²) in [6, 6.07) is 5.62. The number of rotatable bonds is 3. The van der Waals surface area contributed by atoms with Gasteiger partial charge in [-0.05, 0) is 62.4 Å². The van der Waals surface area contributed by atoms with E-state index < -0.39 is 0 Å². The molecule has 2 unspecified atom stereocenters. The minimum absolute atomic E-state index is 0.143. The van der Waals surface area contributed by atoms with Gasteiger partial charge in [0.25, 0.3) is 0 Å². The van der Waals surface area contributed by atoms with E-state index in [9.17, 15) is 4.39 Å². The minimum Gasteiger partial charge on any atom is -0.330 e. The molecule has 2 atom stereocenters. The van der Waals surface area contributed by atoms with Gasteiger partial charge in [-0.25, -0.2) is 4.39 Å². The molecule has 2 rings (SSSR count). The molecule has 0 amide bonds. The maximum absolute atomic E-state index is 13.3. The summed E-state index contributed by atoms with van der Waals surface area (Å²) in [5.41, 5.74) is 8.03. The molecule has 0 aliphatic carbocycles. The van der Waals surface area contributed by atoms with Gasteiger partial charge in [0.2, 0.25) is 0 Å². The fourth-order valence-corrected chi connectivity index (χ4v) is 2.70. The van der Waals surface area contributed by atoms with Crippen molar-refractivity contribution in [2.24, 2.45) is 11.7 Å². The maximum atomic E-state index is 13.3. The van der Waals surface area contributed by atoms with Crippen LogP contribution in [0.15, 0.2) is 18.2 Å². The van der Waals surface area contributed by atoms with Gasteiger partial charge < -0.3 is 5.73 Å². The highest BCUT2D eigenvalue weighted by molar-refractivity contribution is 5.26. The fraction of sp³-hybridized carbons (Fsp3) is 0.600. The molecule has 1 aromatic carbocycles. The van der Waals surface area contributed by atoms with Crippen LogP contribution in [0.5, 0.6) is 0 Å². The third kappa shape index (κ3) is 3.09. The normalized spacial score (nSPS) is 25.3. The van der Waals surface area contributed by atoms with Gasteiger partial charge in [0, 0.05) is 19.1 Å². The Bertz CT molecular complexity index is 405. The molecule has 1 aliphatic rings. The van der Waals surface area contributed by atoms with Crippen molar-refractivity contribution in [2.75, 3.05) is 13.1 Å². The van der Waals surface area contributed by atoms with Gasteiger partial charge in [0.1, 0.15) is 5.82 Å². The van der Waals surface area contributed by atoms with E-state index in [1.54, 1.807) is 6.07 Å². The number of likely N-dealkylation sites (tertiary alicyclic amines) is 1. The second kappa shape index (κ2) is 5.81. The summed E-state index contributed by atoms with van der Waals surface area (Å²) >= 11 is 0. The lowest BCUT2D eigenvalue weighted by Gasteiger charge is -2.38. The molecule has 1 aromatic rings. The summed E-state index contributed by atoms with van der Waals surface area (Å²) < 4.78 is 13.3. The van der Waals surface area contributed by atoms with Crippen molar-refractivity contribution in [1.82, 2.24) is 4.90 Å². The summed E-state index contributed by atoms with van der Waals surface area (Å²) in [7, 11) is 0. The SMILES string of the molecule is Cc1ccc(F)cc1CN1CC(CN)CCC1C. The monoisotopic (exact) mass is 250 g/mol. The first-order valence-corrected chi connectivity index (χ1v) is 6.79. The maximum Gasteiger partial charge on any atom is 0.123 e. The molecular weight excluding hydrogens is 227 g/mol. The summed E-state index contributed by atoms with van der Waals surface area (Å²) in [4.78, 5) is 2.43. The Balaban J connectivity index is 2.09. The largest absolute Gasteiger partial charge is 0.330 e. The molecule has 1 fully saturated rings. The van der Waals surface area contributed by atoms with Crippen LogP contribution in [0.3, 0.4) is 0 Å². The first kappa shape index (κ1) is 13.5. The predicted molar refractivity (Wildman–Crippen MR) is 72.8 cm³/mol. The van der Waals surface area contributed by atoms with Crippen molar-refractivity contribution in [2.45, 2.75) is 39.3 Å². The Morgan fingerprint density at radius 3 is 2.89 bits per heavy atom. The summed E-state index contributed by atoms with van der Waals surface area (Å²) in [6.07, 6.45) is 2.41. The molecule has 18 heavy (non-hydrogen) atoms. The van der Waals surface area contributed by atoms with Crippen LogP contribution < -0.4 is 5.73 Å². The van der Waals surface area contributed by atoms with Crippen molar-refractivity contribution >= 4 is 0 Å². The van der Waals surface area contributed by atoms with Crippen LogP contribution >= 0.6 is 0 Å². The molecule has 0 aromatic heterocycles. The van der Waals surface area contributed by atoms with Gasteiger partial charge in [-0.3, -0.25) is 4.90 Å². The Labute approximate surface area is 109 Å². The molecule has 1 aliphatic heterocycles. The molecule has 2 N–H and O–H groups in total. The van der Waals surface area contributed by atoms with Gasteiger partial charge in [-0.2, -0.15) is 0 Å². The van der Waals surface area contributed by atoms with Crippen molar-refractivity contribution < 1.29 is 4.39 Å². The van der Waals surface area contributed by atoms with Gasteiger partial charge in [0.05, 0.1) is 0 Å². The van der Waals surface area contributed by atoms with Gasteiger partial charge in [-0.15, -0.1) is 0 Å². The van der Waals surface area contributed by atoms with Crippen LogP contribution in [0, 0.1) is 18.7 Å². The quantitative estimate of drug-likeness (QED) is 0.893. The Hall–Kier alpha value is -0.930. The number of nitrogens with two attached hydrogens (primary N) is 1. The standard InChI is InChI=1S/C15H23FN2/c1-11-3-6-15(16)7-14(11)10-18-9-13(8-17)5-4-12(18)2/h3,6-7,12-13H,4-5,8-10,17H2,1-2H3. The van der Waals surface area contributed by atoms with Crippen LogP contribution in [0.4, 0.5) is 4.39 Å². The number of hydrogen-bond acceptors (Lipinski definition) is 2. The highest BCUT2D eigenvalue weighted by atomic mass is 19.1. The van der Waals surface area contributed by atoms with Crippen LogP contribution in [0.25, 0.3) is 0 Å². The molecule has 0 radical (unpaired) electrons. The first-order valence-electron chi connectivity index (χ1n) is 6.79. The number of nitrogens with zero attached hydrogens (tertiary/aromatic N) is 1. The number of piperidine rings is 1. The van der Waals surface area contributed by atoms with E-state index in [0.717, 1.165) is 25.2 Å². The van der Waals surface area contributed by atoms with Crippen molar-refractivity contribution in [3.63, 3.8) is 0 Å². The van der Waals surface area contributed by atoms with Crippen molar-refractivity contribution in [1.29, 1.82) is 0 Å². The van der Waals surface area contributed by atoms with Gasteiger partial charge in [0.15, 0.2) is 0 Å². The molecule has 1 saturated heterocycles. The molecule has 1 heterocycles. The third-order valence-electron chi connectivity index (χ3n) is 4.13. The Morgan fingerprint density at radius 1 is 1.39 bits per heavy atom. The topological polar surface area (TPSA) is 29.3 Å². The first-order chi connectivity index (χ1) is 8.60. The lowest BCUT2D eigenvalue weighted by Crippen LogP contribution is -2.43. The summed E-state index contributed by atoms with van der Waals surface area (Å²) in [5.74, 6) is 0.450. The van der Waals surface area contributed by atoms with Gasteiger partial charge in [-0.1, -0.05) is 6.07 Å². The number of hydrogen-bond donors (Lipinski definition) is 1. The van der Waals surface area contributed by atoms with E-state index in [0.29, 0.717) is 12.0 Å². The summed E-state index contributed by atoms with van der Waals surface area (Å²) in [6.45, 7) is 6.92. The van der Waals surface area contributed by atoms with E-state index in [-0.39, 0.29) is 5.82 Å². The number of aryl methyl sites for hydroxylation is 1. The van der Waals surface area contributed by atoms with E-state index >= 15 is 0 Å². The average Bonchev–Trinajstić information content (AvgIpc) is 2.36. The van der Waals surface area contributed by atoms with E-state index in [1.807, 2.05) is 13.0 Å². The zero-order chi connectivity index (χ0) is 13.1. The Morgan fingerprint density at radius 2 is 2.17 bits per heavy atom. The average molecular weight is 250 g/mol. The number of halogens is 1. The highest BCUT2D eigenvalue weighted by Crippen LogP contribution is 2.24. The van der Waals surface area contributed by atoms with E-state index in [1.165, 1.54) is 24.5 Å². The lowest BCUT2D eigenvalue weighted by atomic mass is 9.93. The smallest absolute Gasteiger partial charge is 0.123 e. The molecular formula is C15H23FN2. The third-order valence-corrected chi connectivity index (χ3v) is 4.13. The van der Waals surface area contributed by atoms with Crippen LogP contribution in [0.2, 0.25) is 0 Å². The second-order valence-electron chi connectivity index (χ2n) is 5.53. The predicted octanol–water partition coefficient (Wildman–Crippen LogP) is 2.69. The van der Waals surface area contributed by atoms with Gasteiger partial charge >= 0.3 is 0 Å². The van der Waals surface area contributed by atoms with Crippen LogP contribution in [0.1, 0.15) is 30.9 Å². The van der Waals surface area contributed by atoms with Crippen LogP contribution in [-0.4, -0.2) is 24.0 Å². The molecule has 0 saturated carbocycles. The lowest BCUT2D eigenvalue weighted by molar-refractivity contribution is 0.113. The van der Waals surface area contributed by atoms with Crippen molar-refractivity contribution in [3.8, 4) is 0 Å². The zero-order valence-corrected chi connectivity index (χ0v) is 11.3. The highest BCUT2D eigenvalue weighted by Gasteiger charge is 2.24. The fourth-order valence-electron chi connectivity index (χ4n) is 2.70. The van der Waals surface area contributed by atoms with E-state index in [2.05, 4.69) is 11.8 Å². The summed E-state index contributed by atoms with van der Waals surface area (Å²) in [5, 5.41) is 0. The minimum atomic E-state index is -0.143. The Kier molecular flexibility index (Phi) is 4.36. The molecule has 0 spiro atoms. The van der Waals surface area contributed by atoms with Crippen molar-refractivity contribution in [3.05, 3.63) is 35.1 Å². The zero-order valence-electron chi connectivity index (χ0n) is 11.3. The molecule has 2 nitrogen and oxygen atoms in total.